The predicted molar refractivity (Wildman–Crippen MR) is 264 cm³/mol. The summed E-state index contributed by atoms with van der Waals surface area (Å²) in [7, 11) is 0. The van der Waals surface area contributed by atoms with Crippen molar-refractivity contribution in [2.75, 3.05) is 0 Å². The molecular formula is C59H46N4. The predicted octanol–water partition coefficient (Wildman–Crippen LogP) is 15.4. The van der Waals surface area contributed by atoms with Gasteiger partial charge in [0.2, 0.25) is 0 Å². The lowest BCUT2D eigenvalue weighted by Crippen LogP contribution is -2.33. The molecule has 11 aromatic rings. The van der Waals surface area contributed by atoms with Crippen LogP contribution in [0.25, 0.3) is 105 Å². The van der Waals surface area contributed by atoms with Crippen molar-refractivity contribution in [2.45, 2.75) is 51.4 Å². The Labute approximate surface area is 367 Å². The molecule has 63 heavy (non-hydrogen) atoms. The molecule has 302 valence electrons. The Hall–Kier alpha value is -7.43. The first-order valence-electron chi connectivity index (χ1n) is 22.1. The van der Waals surface area contributed by atoms with Crippen molar-refractivity contribution >= 4 is 54.1 Å². The van der Waals surface area contributed by atoms with Gasteiger partial charge in [-0.2, -0.15) is 0 Å². The van der Waals surface area contributed by atoms with Gasteiger partial charge in [0.1, 0.15) is 0 Å². The molecule has 12 rings (SSSR count). The third-order valence-corrected chi connectivity index (χ3v) is 13.9. The zero-order chi connectivity index (χ0) is 42.5. The zero-order valence-electron chi connectivity index (χ0n) is 36.0. The second-order valence-electron chi connectivity index (χ2n) is 18.7. The summed E-state index contributed by atoms with van der Waals surface area (Å²) in [6.07, 6.45) is 2.36. The van der Waals surface area contributed by atoms with Gasteiger partial charge in [0.15, 0.2) is 17.5 Å². The van der Waals surface area contributed by atoms with Crippen LogP contribution in [0.4, 0.5) is 0 Å². The van der Waals surface area contributed by atoms with E-state index in [4.69, 9.17) is 15.0 Å². The van der Waals surface area contributed by atoms with Crippen LogP contribution in [0.15, 0.2) is 182 Å². The van der Waals surface area contributed by atoms with Crippen LogP contribution in [0.3, 0.4) is 0 Å². The smallest absolute Gasteiger partial charge is 0.164 e. The van der Waals surface area contributed by atoms with Crippen molar-refractivity contribution in [3.63, 3.8) is 0 Å². The van der Waals surface area contributed by atoms with Crippen molar-refractivity contribution < 1.29 is 0 Å². The van der Waals surface area contributed by atoms with E-state index in [-0.39, 0.29) is 10.8 Å². The van der Waals surface area contributed by atoms with Gasteiger partial charge in [0.25, 0.3) is 0 Å². The average Bonchev–Trinajstić information content (AvgIpc) is 3.65. The monoisotopic (exact) mass is 810 g/mol. The Morgan fingerprint density at radius 1 is 0.365 bits per heavy atom. The molecule has 0 aliphatic heterocycles. The molecule has 0 spiro atoms. The van der Waals surface area contributed by atoms with Gasteiger partial charge >= 0.3 is 0 Å². The maximum absolute atomic E-state index is 5.25. The summed E-state index contributed by atoms with van der Waals surface area (Å²) in [4.78, 5) is 15.7. The highest BCUT2D eigenvalue weighted by atomic mass is 15.0. The lowest BCUT2D eigenvalue weighted by molar-refractivity contribution is 0.332. The summed E-state index contributed by atoms with van der Waals surface area (Å²) < 4.78 is 2.47. The molecule has 0 radical (unpaired) electrons. The third kappa shape index (κ3) is 6.15. The number of rotatable bonds is 5. The minimum absolute atomic E-state index is 0.103. The van der Waals surface area contributed by atoms with Crippen molar-refractivity contribution in [1.82, 2.24) is 19.5 Å². The Morgan fingerprint density at radius 3 is 1.63 bits per heavy atom. The van der Waals surface area contributed by atoms with Crippen LogP contribution < -0.4 is 0 Å². The van der Waals surface area contributed by atoms with Crippen LogP contribution in [-0.4, -0.2) is 19.5 Å². The van der Waals surface area contributed by atoms with Gasteiger partial charge in [0, 0.05) is 33.2 Å². The number of hydrogen-bond acceptors (Lipinski definition) is 3. The van der Waals surface area contributed by atoms with Gasteiger partial charge in [-0.1, -0.05) is 173 Å². The Bertz CT molecular complexity index is 3620. The van der Waals surface area contributed by atoms with Gasteiger partial charge in [0.05, 0.1) is 11.0 Å². The molecule has 0 amide bonds. The molecule has 0 unspecified atom stereocenters. The summed E-state index contributed by atoms with van der Waals surface area (Å²) in [6, 6.07) is 65.8. The number of nitrogens with zero attached hydrogens (tertiary/aromatic N) is 4. The summed E-state index contributed by atoms with van der Waals surface area (Å²) in [6.45, 7) is 9.65. The second kappa shape index (κ2) is 14.1. The fourth-order valence-corrected chi connectivity index (χ4v) is 10.3. The molecule has 4 heteroatoms. The standard InChI is InChI=1S/C59H46N4/c1-58(2)31-32-59(3,4)52-36-54-50(35-51(52)58)48-19-9-10-22-53(48)63(54)44-30-29-37-23-28-42(33-43(37)34-44)56-60-55(61-57(62-56)49-21-12-16-39-14-6-8-18-47(39)49)41-26-24-40(25-27-41)46-20-11-15-38-13-5-7-17-45(38)46/h5-30,33-36H,31-32H2,1-4H3. The topological polar surface area (TPSA) is 43.6 Å². The molecule has 0 bridgehead atoms. The Balaban J connectivity index is 1.01. The Morgan fingerprint density at radius 2 is 0.905 bits per heavy atom. The molecule has 0 saturated heterocycles. The molecule has 1 aliphatic carbocycles. The number of benzene rings is 9. The van der Waals surface area contributed by atoms with Crippen LogP contribution >= 0.6 is 0 Å². The fourth-order valence-electron chi connectivity index (χ4n) is 10.3. The molecule has 0 atom stereocenters. The van der Waals surface area contributed by atoms with Crippen LogP contribution in [0.2, 0.25) is 0 Å². The minimum atomic E-state index is 0.103. The SMILES string of the molecule is CC1(C)CCC(C)(C)c2cc3c(cc21)c1ccccc1n3-c1ccc2ccc(-c3nc(-c4ccc(-c5cccc6ccccc56)cc4)nc(-c4cccc5ccccc45)n3)cc2c1. The number of hydrogen-bond donors (Lipinski definition) is 0. The summed E-state index contributed by atoms with van der Waals surface area (Å²) in [5, 5.41) is 9.61. The Kier molecular flexibility index (Phi) is 8.33. The summed E-state index contributed by atoms with van der Waals surface area (Å²) in [5.74, 6) is 1.93. The van der Waals surface area contributed by atoms with E-state index in [0.717, 1.165) is 49.5 Å². The summed E-state index contributed by atoms with van der Waals surface area (Å²) >= 11 is 0. The average molecular weight is 811 g/mol. The molecule has 2 aromatic heterocycles. The first-order chi connectivity index (χ1) is 30.7. The lowest BCUT2D eigenvalue weighted by Gasteiger charge is -2.42. The van der Waals surface area contributed by atoms with Crippen molar-refractivity contribution in [1.29, 1.82) is 0 Å². The number of para-hydroxylation sites is 1. The van der Waals surface area contributed by atoms with Crippen molar-refractivity contribution in [3.05, 3.63) is 193 Å². The van der Waals surface area contributed by atoms with Crippen LogP contribution in [-0.2, 0) is 10.8 Å². The molecule has 0 fully saturated rings. The van der Waals surface area contributed by atoms with Crippen LogP contribution in [0.5, 0.6) is 0 Å². The molecule has 0 N–H and O–H groups in total. The maximum Gasteiger partial charge on any atom is 0.164 e. The van der Waals surface area contributed by atoms with Gasteiger partial charge in [-0.3, -0.25) is 0 Å². The van der Waals surface area contributed by atoms with E-state index in [1.54, 1.807) is 0 Å². The highest BCUT2D eigenvalue weighted by molar-refractivity contribution is 6.10. The second-order valence-corrected chi connectivity index (χ2v) is 18.7. The molecule has 2 heterocycles. The van der Waals surface area contributed by atoms with Crippen LogP contribution in [0.1, 0.15) is 51.7 Å². The molecular weight excluding hydrogens is 765 g/mol. The van der Waals surface area contributed by atoms with E-state index in [9.17, 15) is 0 Å². The molecule has 4 nitrogen and oxygen atoms in total. The van der Waals surface area contributed by atoms with Gasteiger partial charge in [-0.25, -0.2) is 15.0 Å². The molecule has 9 aromatic carbocycles. The largest absolute Gasteiger partial charge is 0.309 e. The maximum atomic E-state index is 5.25. The number of fused-ring (bicyclic) bond motifs is 7. The first kappa shape index (κ1) is 37.3. The van der Waals surface area contributed by atoms with Crippen molar-refractivity contribution in [3.8, 4) is 51.0 Å². The van der Waals surface area contributed by atoms with Gasteiger partial charge in [-0.05, 0) is 115 Å². The molecule has 0 saturated carbocycles. The normalized spacial score (nSPS) is 14.5. The number of aromatic nitrogens is 4. The summed E-state index contributed by atoms with van der Waals surface area (Å²) in [5.41, 5.74) is 12.0. The highest BCUT2D eigenvalue weighted by Crippen LogP contribution is 2.48. The van der Waals surface area contributed by atoms with Gasteiger partial charge < -0.3 is 4.57 Å². The van der Waals surface area contributed by atoms with Crippen molar-refractivity contribution in [2.24, 2.45) is 0 Å². The van der Waals surface area contributed by atoms with Gasteiger partial charge in [-0.15, -0.1) is 0 Å². The van der Waals surface area contributed by atoms with E-state index in [1.807, 2.05) is 0 Å². The van der Waals surface area contributed by atoms with E-state index >= 15 is 0 Å². The lowest BCUT2D eigenvalue weighted by atomic mass is 9.63. The minimum Gasteiger partial charge on any atom is -0.309 e. The zero-order valence-corrected chi connectivity index (χ0v) is 36.0. The first-order valence-corrected chi connectivity index (χ1v) is 22.1. The highest BCUT2D eigenvalue weighted by Gasteiger charge is 2.38. The fraction of sp³-hybridized carbons (Fsp3) is 0.136. The van der Waals surface area contributed by atoms with Crippen LogP contribution in [0, 0.1) is 0 Å². The third-order valence-electron chi connectivity index (χ3n) is 13.9. The van der Waals surface area contributed by atoms with E-state index in [0.29, 0.717) is 17.5 Å². The van der Waals surface area contributed by atoms with E-state index in [2.05, 4.69) is 214 Å². The van der Waals surface area contributed by atoms with E-state index in [1.165, 1.54) is 62.1 Å². The quantitative estimate of drug-likeness (QED) is 0.174. The van der Waals surface area contributed by atoms with E-state index < -0.39 is 0 Å². The molecule has 1 aliphatic rings.